The number of benzene rings is 1. The van der Waals surface area contributed by atoms with E-state index in [9.17, 15) is 0 Å². The summed E-state index contributed by atoms with van der Waals surface area (Å²) in [6.45, 7) is 5.62. The summed E-state index contributed by atoms with van der Waals surface area (Å²) in [6, 6.07) is 8.41. The first-order valence-electron chi connectivity index (χ1n) is 5.88. The van der Waals surface area contributed by atoms with Gasteiger partial charge in [0.1, 0.15) is 12.4 Å². The van der Waals surface area contributed by atoms with Gasteiger partial charge in [0, 0.05) is 6.04 Å². The van der Waals surface area contributed by atoms with Crippen LogP contribution >= 0.6 is 0 Å². The summed E-state index contributed by atoms with van der Waals surface area (Å²) in [7, 11) is 0. The monoisotopic (exact) mass is 223 g/mol. The molecule has 1 rings (SSSR count). The summed E-state index contributed by atoms with van der Waals surface area (Å²) in [5.41, 5.74) is 1.24. The first kappa shape index (κ1) is 13.0. The Morgan fingerprint density at radius 2 is 2.19 bits per heavy atom. The van der Waals surface area contributed by atoms with Gasteiger partial charge in [0.15, 0.2) is 0 Å². The molecule has 0 saturated carbocycles. The number of hydrogen-bond donors (Lipinski definition) is 2. The standard InChI is InChI=1S/C13H21NO2/c1-3-13(14-4-2)11-6-5-7-12(10-11)16-9-8-15/h5-7,10,13-15H,3-4,8-9H2,1-2H3. The van der Waals surface area contributed by atoms with Crippen LogP contribution in [0.5, 0.6) is 5.75 Å². The minimum Gasteiger partial charge on any atom is -0.491 e. The lowest BCUT2D eigenvalue weighted by Gasteiger charge is -2.17. The summed E-state index contributed by atoms with van der Waals surface area (Å²) in [5.74, 6) is 0.822. The maximum atomic E-state index is 8.70. The van der Waals surface area contributed by atoms with Crippen molar-refractivity contribution in [1.82, 2.24) is 5.32 Å². The Morgan fingerprint density at radius 1 is 1.38 bits per heavy atom. The molecule has 3 nitrogen and oxygen atoms in total. The van der Waals surface area contributed by atoms with Gasteiger partial charge in [0.05, 0.1) is 6.61 Å². The van der Waals surface area contributed by atoms with Gasteiger partial charge in [-0.2, -0.15) is 0 Å². The molecule has 0 saturated heterocycles. The second-order valence-corrected chi connectivity index (χ2v) is 3.66. The zero-order valence-corrected chi connectivity index (χ0v) is 10.1. The van der Waals surface area contributed by atoms with Gasteiger partial charge in [0.2, 0.25) is 0 Å². The van der Waals surface area contributed by atoms with E-state index in [0.717, 1.165) is 18.7 Å². The van der Waals surface area contributed by atoms with Crippen LogP contribution in [-0.4, -0.2) is 24.9 Å². The number of aliphatic hydroxyl groups excluding tert-OH is 1. The lowest BCUT2D eigenvalue weighted by atomic mass is 10.0. The second kappa shape index (κ2) is 7.25. The number of nitrogens with one attached hydrogen (secondary N) is 1. The predicted molar refractivity (Wildman–Crippen MR) is 65.7 cm³/mol. The topological polar surface area (TPSA) is 41.5 Å². The summed E-state index contributed by atoms with van der Waals surface area (Å²) in [6.07, 6.45) is 1.05. The van der Waals surface area contributed by atoms with Gasteiger partial charge in [-0.15, -0.1) is 0 Å². The molecule has 0 aromatic heterocycles. The predicted octanol–water partition coefficient (Wildman–Crippen LogP) is 2.12. The molecular formula is C13H21NO2. The summed E-state index contributed by atoms with van der Waals surface area (Å²) in [4.78, 5) is 0. The lowest BCUT2D eigenvalue weighted by molar-refractivity contribution is 0.201. The Kier molecular flexibility index (Phi) is 5.90. The molecule has 0 spiro atoms. The van der Waals surface area contributed by atoms with E-state index in [1.165, 1.54) is 5.56 Å². The Balaban J connectivity index is 2.71. The van der Waals surface area contributed by atoms with E-state index in [1.54, 1.807) is 0 Å². The fourth-order valence-electron chi connectivity index (χ4n) is 1.73. The van der Waals surface area contributed by atoms with Crippen molar-refractivity contribution >= 4 is 0 Å². The van der Waals surface area contributed by atoms with Crippen molar-refractivity contribution in [3.05, 3.63) is 29.8 Å². The Bertz CT molecular complexity index is 302. The lowest BCUT2D eigenvalue weighted by Crippen LogP contribution is -2.20. The molecular weight excluding hydrogens is 202 g/mol. The molecule has 0 amide bonds. The molecule has 0 aliphatic rings. The van der Waals surface area contributed by atoms with Crippen molar-refractivity contribution in [2.45, 2.75) is 26.3 Å². The molecule has 1 aromatic carbocycles. The van der Waals surface area contributed by atoms with Crippen LogP contribution in [-0.2, 0) is 0 Å². The first-order chi connectivity index (χ1) is 7.81. The zero-order valence-electron chi connectivity index (χ0n) is 10.1. The molecule has 0 bridgehead atoms. The van der Waals surface area contributed by atoms with E-state index in [1.807, 2.05) is 18.2 Å². The summed E-state index contributed by atoms with van der Waals surface area (Å²) >= 11 is 0. The third-order valence-electron chi connectivity index (χ3n) is 2.48. The highest BCUT2D eigenvalue weighted by atomic mass is 16.5. The van der Waals surface area contributed by atoms with Crippen LogP contribution < -0.4 is 10.1 Å². The van der Waals surface area contributed by atoms with E-state index in [4.69, 9.17) is 9.84 Å². The third kappa shape index (κ3) is 3.83. The highest BCUT2D eigenvalue weighted by molar-refractivity contribution is 5.30. The second-order valence-electron chi connectivity index (χ2n) is 3.66. The molecule has 0 radical (unpaired) electrons. The van der Waals surface area contributed by atoms with E-state index in [-0.39, 0.29) is 6.61 Å². The van der Waals surface area contributed by atoms with Crippen molar-refractivity contribution in [3.8, 4) is 5.75 Å². The Morgan fingerprint density at radius 3 is 2.81 bits per heavy atom. The van der Waals surface area contributed by atoms with Gasteiger partial charge in [-0.25, -0.2) is 0 Å². The highest BCUT2D eigenvalue weighted by Gasteiger charge is 2.07. The summed E-state index contributed by atoms with van der Waals surface area (Å²) in [5, 5.41) is 12.1. The van der Waals surface area contributed by atoms with Crippen LogP contribution in [0.25, 0.3) is 0 Å². The number of hydrogen-bond acceptors (Lipinski definition) is 3. The van der Waals surface area contributed by atoms with E-state index in [2.05, 4.69) is 25.2 Å². The fourth-order valence-corrected chi connectivity index (χ4v) is 1.73. The Hall–Kier alpha value is -1.06. The number of rotatable bonds is 7. The van der Waals surface area contributed by atoms with Crippen LogP contribution in [0, 0.1) is 0 Å². The van der Waals surface area contributed by atoms with Crippen LogP contribution in [0.2, 0.25) is 0 Å². The molecule has 0 heterocycles. The fraction of sp³-hybridized carbons (Fsp3) is 0.538. The van der Waals surface area contributed by atoms with Gasteiger partial charge in [-0.1, -0.05) is 26.0 Å². The average molecular weight is 223 g/mol. The van der Waals surface area contributed by atoms with E-state index >= 15 is 0 Å². The van der Waals surface area contributed by atoms with E-state index in [0.29, 0.717) is 12.6 Å². The first-order valence-corrected chi connectivity index (χ1v) is 5.88. The van der Waals surface area contributed by atoms with Gasteiger partial charge in [-0.3, -0.25) is 0 Å². The van der Waals surface area contributed by atoms with Crippen LogP contribution in [0.3, 0.4) is 0 Å². The number of aliphatic hydroxyl groups is 1. The normalized spacial score (nSPS) is 12.4. The smallest absolute Gasteiger partial charge is 0.119 e. The summed E-state index contributed by atoms with van der Waals surface area (Å²) < 4.78 is 5.39. The van der Waals surface area contributed by atoms with Crippen molar-refractivity contribution in [1.29, 1.82) is 0 Å². The van der Waals surface area contributed by atoms with Crippen molar-refractivity contribution in [2.75, 3.05) is 19.8 Å². The van der Waals surface area contributed by atoms with Crippen LogP contribution in [0.15, 0.2) is 24.3 Å². The highest BCUT2D eigenvalue weighted by Crippen LogP contribution is 2.21. The average Bonchev–Trinajstić information content (AvgIpc) is 2.33. The SMILES string of the molecule is CCNC(CC)c1cccc(OCCO)c1. The minimum atomic E-state index is 0.0502. The number of ether oxygens (including phenoxy) is 1. The maximum Gasteiger partial charge on any atom is 0.119 e. The molecule has 1 unspecified atom stereocenters. The van der Waals surface area contributed by atoms with Gasteiger partial charge in [0.25, 0.3) is 0 Å². The molecule has 2 N–H and O–H groups in total. The molecule has 1 aromatic rings. The largest absolute Gasteiger partial charge is 0.491 e. The van der Waals surface area contributed by atoms with Gasteiger partial charge < -0.3 is 15.2 Å². The van der Waals surface area contributed by atoms with Crippen LogP contribution in [0.4, 0.5) is 0 Å². The van der Waals surface area contributed by atoms with Crippen molar-refractivity contribution < 1.29 is 9.84 Å². The molecule has 16 heavy (non-hydrogen) atoms. The minimum absolute atomic E-state index is 0.0502. The molecule has 0 fully saturated rings. The molecule has 0 aliphatic heterocycles. The zero-order chi connectivity index (χ0) is 11.8. The Labute approximate surface area is 97.4 Å². The molecule has 1 atom stereocenters. The molecule has 0 aliphatic carbocycles. The third-order valence-corrected chi connectivity index (χ3v) is 2.48. The van der Waals surface area contributed by atoms with Crippen LogP contribution in [0.1, 0.15) is 31.9 Å². The maximum absolute atomic E-state index is 8.70. The molecule has 90 valence electrons. The van der Waals surface area contributed by atoms with E-state index < -0.39 is 0 Å². The van der Waals surface area contributed by atoms with Gasteiger partial charge >= 0.3 is 0 Å². The van der Waals surface area contributed by atoms with Crippen molar-refractivity contribution in [3.63, 3.8) is 0 Å². The van der Waals surface area contributed by atoms with Crippen molar-refractivity contribution in [2.24, 2.45) is 0 Å². The van der Waals surface area contributed by atoms with Gasteiger partial charge in [-0.05, 0) is 30.7 Å². The molecule has 3 heteroatoms. The quantitative estimate of drug-likeness (QED) is 0.744.